The molecule has 0 spiro atoms. The second-order valence-electron chi connectivity index (χ2n) is 6.50. The highest BCUT2D eigenvalue weighted by atomic mass is 35.5. The number of rotatable bonds is 4. The lowest BCUT2D eigenvalue weighted by atomic mass is 9.78. The number of hydrogen-bond acceptors (Lipinski definition) is 7. The lowest BCUT2D eigenvalue weighted by Crippen LogP contribution is -2.35. The van der Waals surface area contributed by atoms with Crippen molar-refractivity contribution in [2.45, 2.75) is 57.0 Å². The molecule has 138 valence electrons. The van der Waals surface area contributed by atoms with Crippen molar-refractivity contribution in [3.8, 4) is 0 Å². The molecular weight excluding hydrogens is 379 g/mol. The Morgan fingerprint density at radius 1 is 1.12 bits per heavy atom. The second-order valence-corrected chi connectivity index (χ2v) is 7.67. The van der Waals surface area contributed by atoms with E-state index in [0.717, 1.165) is 35.8 Å². The Balaban J connectivity index is 0.00000113. The predicted octanol–water partition coefficient (Wildman–Crippen LogP) is 3.05. The molecule has 9 heteroatoms. The van der Waals surface area contributed by atoms with E-state index in [1.54, 1.807) is 0 Å². The fourth-order valence-electron chi connectivity index (χ4n) is 3.34. The van der Waals surface area contributed by atoms with Crippen molar-refractivity contribution in [3.63, 3.8) is 0 Å². The molecule has 0 bridgehead atoms. The predicted molar refractivity (Wildman–Crippen MR) is 107 cm³/mol. The summed E-state index contributed by atoms with van der Waals surface area (Å²) in [5.41, 5.74) is 14.0. The van der Waals surface area contributed by atoms with Gasteiger partial charge >= 0.3 is 0 Å². The van der Waals surface area contributed by atoms with Crippen molar-refractivity contribution in [1.29, 1.82) is 0 Å². The van der Waals surface area contributed by atoms with Gasteiger partial charge in [0.25, 0.3) is 0 Å². The molecule has 2 aromatic heterocycles. The summed E-state index contributed by atoms with van der Waals surface area (Å²) in [6.07, 6.45) is 6.82. The summed E-state index contributed by atoms with van der Waals surface area (Å²) in [7, 11) is 0. The fraction of sp³-hybridized carbons (Fsp3) is 0.562. The molecule has 0 aliphatic heterocycles. The molecule has 0 aromatic carbocycles. The molecule has 5 N–H and O–H groups in total. The van der Waals surface area contributed by atoms with Crippen LogP contribution in [0.15, 0.2) is 6.07 Å². The van der Waals surface area contributed by atoms with Gasteiger partial charge < -0.3 is 16.8 Å². The molecule has 1 fully saturated rings. The quantitative estimate of drug-likeness (QED) is 0.725. The lowest BCUT2D eigenvalue weighted by Gasteiger charge is -2.32. The maximum atomic E-state index is 5.87. The van der Waals surface area contributed by atoms with Crippen molar-refractivity contribution < 1.29 is 0 Å². The molecule has 2 heterocycles. The fourth-order valence-corrected chi connectivity index (χ4v) is 4.43. The van der Waals surface area contributed by atoms with E-state index in [9.17, 15) is 0 Å². The van der Waals surface area contributed by atoms with Crippen LogP contribution in [-0.2, 0) is 19.4 Å². The van der Waals surface area contributed by atoms with E-state index in [1.165, 1.54) is 29.8 Å². The third kappa shape index (κ3) is 4.53. The molecular formula is C16H24Cl2N6S. The van der Waals surface area contributed by atoms with Crippen LogP contribution in [0.3, 0.4) is 0 Å². The molecule has 25 heavy (non-hydrogen) atoms. The van der Waals surface area contributed by atoms with Crippen molar-refractivity contribution in [1.82, 2.24) is 15.0 Å². The first-order valence-corrected chi connectivity index (χ1v) is 9.10. The van der Waals surface area contributed by atoms with E-state index in [1.807, 2.05) is 17.4 Å². The van der Waals surface area contributed by atoms with Gasteiger partial charge in [0.15, 0.2) is 0 Å². The molecule has 0 amide bonds. The topological polar surface area (TPSA) is 103 Å². The molecule has 0 atom stereocenters. The van der Waals surface area contributed by atoms with E-state index in [0.29, 0.717) is 24.5 Å². The van der Waals surface area contributed by atoms with Gasteiger partial charge in [0, 0.05) is 22.9 Å². The molecule has 2 aliphatic rings. The van der Waals surface area contributed by atoms with Gasteiger partial charge in [-0.3, -0.25) is 0 Å². The van der Waals surface area contributed by atoms with Crippen LogP contribution in [0.25, 0.3) is 0 Å². The van der Waals surface area contributed by atoms with Gasteiger partial charge in [-0.2, -0.15) is 4.98 Å². The minimum absolute atomic E-state index is 0. The van der Waals surface area contributed by atoms with Gasteiger partial charge in [0.1, 0.15) is 10.8 Å². The molecule has 2 aliphatic carbocycles. The van der Waals surface area contributed by atoms with E-state index >= 15 is 0 Å². The number of thiazole rings is 1. The third-order valence-electron chi connectivity index (χ3n) is 4.67. The van der Waals surface area contributed by atoms with Crippen LogP contribution >= 0.6 is 36.2 Å². The smallest absolute Gasteiger partial charge is 0.222 e. The summed E-state index contributed by atoms with van der Waals surface area (Å²) < 4.78 is 0. The first-order chi connectivity index (χ1) is 11.2. The number of anilines is 2. The minimum atomic E-state index is 0. The van der Waals surface area contributed by atoms with Crippen LogP contribution in [0.2, 0.25) is 0 Å². The number of nitrogens with zero attached hydrogens (tertiary/aromatic N) is 3. The van der Waals surface area contributed by atoms with Crippen LogP contribution in [0.4, 0.5) is 11.8 Å². The highest BCUT2D eigenvalue weighted by Crippen LogP contribution is 2.35. The van der Waals surface area contributed by atoms with Crippen LogP contribution in [0, 0.1) is 0 Å². The van der Waals surface area contributed by atoms with E-state index in [-0.39, 0.29) is 24.8 Å². The van der Waals surface area contributed by atoms with Crippen LogP contribution < -0.4 is 16.8 Å². The summed E-state index contributed by atoms with van der Waals surface area (Å²) >= 11 is 1.82. The minimum Gasteiger partial charge on any atom is -0.368 e. The van der Waals surface area contributed by atoms with Crippen molar-refractivity contribution >= 4 is 47.9 Å². The first-order valence-electron chi connectivity index (χ1n) is 8.29. The molecule has 0 unspecified atom stereocenters. The molecule has 1 saturated carbocycles. The Morgan fingerprint density at radius 3 is 2.60 bits per heavy atom. The standard InChI is InChI=1S/C16H22N6S.2ClH/c17-10-5-9(6-10)12-7-14(22-16(18)21-12)19-8-15-20-11-3-1-2-4-13(11)23-15;;/h7,9-10H,1-6,8,17H2,(H3,18,19,21,22);2*1H. The van der Waals surface area contributed by atoms with Crippen molar-refractivity contribution in [2.75, 3.05) is 11.1 Å². The average molecular weight is 403 g/mol. The number of nitrogens with two attached hydrogens (primary N) is 2. The van der Waals surface area contributed by atoms with Gasteiger partial charge in [0.2, 0.25) is 5.95 Å². The van der Waals surface area contributed by atoms with Gasteiger partial charge in [-0.25, -0.2) is 9.97 Å². The monoisotopic (exact) mass is 402 g/mol. The highest BCUT2D eigenvalue weighted by molar-refractivity contribution is 7.11. The van der Waals surface area contributed by atoms with Crippen LogP contribution in [0.1, 0.15) is 52.9 Å². The van der Waals surface area contributed by atoms with Crippen LogP contribution in [0.5, 0.6) is 0 Å². The summed E-state index contributed by atoms with van der Waals surface area (Å²) in [5, 5.41) is 4.48. The zero-order valence-electron chi connectivity index (χ0n) is 13.9. The molecule has 0 saturated heterocycles. The van der Waals surface area contributed by atoms with Gasteiger partial charge in [-0.05, 0) is 38.5 Å². The Kier molecular flexibility index (Phi) is 6.85. The molecule has 4 rings (SSSR count). The summed E-state index contributed by atoms with van der Waals surface area (Å²) in [6, 6.07) is 2.30. The SMILES string of the molecule is Cl.Cl.Nc1nc(NCc2nc3c(s2)CCCC3)cc(C2CC(N)C2)n1. The van der Waals surface area contributed by atoms with Gasteiger partial charge in [-0.15, -0.1) is 36.2 Å². The lowest BCUT2D eigenvalue weighted by molar-refractivity contribution is 0.345. The van der Waals surface area contributed by atoms with Crippen molar-refractivity contribution in [3.05, 3.63) is 27.3 Å². The Morgan fingerprint density at radius 2 is 1.88 bits per heavy atom. The number of hydrogen-bond donors (Lipinski definition) is 3. The first kappa shape index (κ1) is 20.2. The van der Waals surface area contributed by atoms with Gasteiger partial charge in [-0.1, -0.05) is 0 Å². The summed E-state index contributed by atoms with van der Waals surface area (Å²) in [4.78, 5) is 14.9. The maximum Gasteiger partial charge on any atom is 0.222 e. The Labute approximate surface area is 164 Å². The Bertz CT molecular complexity index is 693. The highest BCUT2D eigenvalue weighted by Gasteiger charge is 2.29. The summed E-state index contributed by atoms with van der Waals surface area (Å²) in [6.45, 7) is 0.692. The number of aromatic nitrogens is 3. The average Bonchev–Trinajstić information content (AvgIpc) is 2.92. The Hall–Kier alpha value is -1.15. The number of halogens is 2. The van der Waals surface area contributed by atoms with Gasteiger partial charge in [0.05, 0.1) is 17.9 Å². The van der Waals surface area contributed by atoms with E-state index < -0.39 is 0 Å². The largest absolute Gasteiger partial charge is 0.368 e. The second kappa shape index (κ2) is 8.49. The van der Waals surface area contributed by atoms with E-state index in [4.69, 9.17) is 16.5 Å². The zero-order valence-corrected chi connectivity index (χ0v) is 16.4. The number of nitrogens with one attached hydrogen (secondary N) is 1. The normalized spacial score (nSPS) is 21.3. The molecule has 6 nitrogen and oxygen atoms in total. The third-order valence-corrected chi connectivity index (χ3v) is 5.82. The maximum absolute atomic E-state index is 5.87. The number of aryl methyl sites for hydroxylation is 2. The molecule has 2 aromatic rings. The van der Waals surface area contributed by atoms with Crippen molar-refractivity contribution in [2.24, 2.45) is 5.73 Å². The summed E-state index contributed by atoms with van der Waals surface area (Å²) in [5.74, 6) is 1.52. The number of nitrogen functional groups attached to an aromatic ring is 1. The number of fused-ring (bicyclic) bond motifs is 1. The van der Waals surface area contributed by atoms with E-state index in [2.05, 4.69) is 15.3 Å². The zero-order chi connectivity index (χ0) is 15.8. The van der Waals surface area contributed by atoms with Crippen LogP contribution in [-0.4, -0.2) is 21.0 Å². The molecule has 0 radical (unpaired) electrons.